The van der Waals surface area contributed by atoms with Gasteiger partial charge in [-0.25, -0.2) is 0 Å². The first kappa shape index (κ1) is 32.6. The lowest BCUT2D eigenvalue weighted by Gasteiger charge is -2.39. The molecule has 3 heterocycles. The van der Waals surface area contributed by atoms with Gasteiger partial charge in [-0.2, -0.15) is 18.4 Å². The number of aromatic nitrogens is 1. The van der Waals surface area contributed by atoms with Crippen LogP contribution in [0.5, 0.6) is 5.75 Å². The number of rotatable bonds is 8. The first-order chi connectivity index (χ1) is 22.0. The second-order valence-electron chi connectivity index (χ2n) is 11.7. The summed E-state index contributed by atoms with van der Waals surface area (Å²) >= 11 is 0. The Bertz CT molecular complexity index is 1580. The lowest BCUT2D eigenvalue weighted by molar-refractivity contribution is -0.193. The van der Waals surface area contributed by atoms with E-state index >= 15 is 0 Å². The fraction of sp³-hybridized carbons (Fsp3) is 0.382. The van der Waals surface area contributed by atoms with Gasteiger partial charge in [-0.05, 0) is 73.4 Å². The topological polar surface area (TPSA) is 116 Å². The molecule has 12 heteroatoms. The molecular formula is C34H34F3N5O4. The fourth-order valence-electron chi connectivity index (χ4n) is 6.01. The third-order valence-corrected chi connectivity index (χ3v) is 8.70. The predicted molar refractivity (Wildman–Crippen MR) is 162 cm³/mol. The van der Waals surface area contributed by atoms with Crippen LogP contribution >= 0.6 is 0 Å². The van der Waals surface area contributed by atoms with Crippen molar-refractivity contribution >= 4 is 17.6 Å². The quantitative estimate of drug-likeness (QED) is 0.352. The van der Waals surface area contributed by atoms with E-state index in [1.807, 2.05) is 6.07 Å². The first-order valence-corrected chi connectivity index (χ1v) is 15.1. The Hall–Kier alpha value is -4.76. The number of nitrogens with zero attached hydrogens (tertiary/aromatic N) is 4. The van der Waals surface area contributed by atoms with Crippen LogP contribution in [0.25, 0.3) is 0 Å². The second kappa shape index (κ2) is 14.1. The average molecular weight is 634 g/mol. The number of alkyl halides is 3. The number of Topliss-reactive ketones (excluding diaryl/α,β-unsaturated/α-hetero) is 1. The Kier molecular flexibility index (Phi) is 10.0. The number of ketones is 1. The Morgan fingerprint density at radius 2 is 1.63 bits per heavy atom. The zero-order valence-corrected chi connectivity index (χ0v) is 25.3. The summed E-state index contributed by atoms with van der Waals surface area (Å²) in [4.78, 5) is 46.4. The smallest absolute Gasteiger partial charge is 0.394 e. The summed E-state index contributed by atoms with van der Waals surface area (Å²) in [7, 11) is 1.56. The molecule has 46 heavy (non-hydrogen) atoms. The van der Waals surface area contributed by atoms with Crippen molar-refractivity contribution in [3.63, 3.8) is 0 Å². The van der Waals surface area contributed by atoms with Crippen molar-refractivity contribution in [1.82, 2.24) is 20.1 Å². The normalized spacial score (nSPS) is 19.2. The Labute approximate surface area is 265 Å². The largest absolute Gasteiger partial charge is 0.497 e. The number of nitriles is 1. The Morgan fingerprint density at radius 1 is 0.957 bits per heavy atom. The number of halogens is 3. The second-order valence-corrected chi connectivity index (χ2v) is 11.7. The van der Waals surface area contributed by atoms with Gasteiger partial charge in [-0.15, -0.1) is 0 Å². The zero-order valence-electron chi connectivity index (χ0n) is 25.3. The van der Waals surface area contributed by atoms with Gasteiger partial charge in [-0.3, -0.25) is 24.3 Å². The number of carbonyl (C=O) groups excluding carboxylic acids is 3. The number of pyridine rings is 1. The molecule has 2 saturated heterocycles. The van der Waals surface area contributed by atoms with Gasteiger partial charge in [-0.1, -0.05) is 12.1 Å². The van der Waals surface area contributed by atoms with Gasteiger partial charge < -0.3 is 15.0 Å². The van der Waals surface area contributed by atoms with Crippen molar-refractivity contribution in [3.05, 3.63) is 94.8 Å². The summed E-state index contributed by atoms with van der Waals surface area (Å²) in [5, 5.41) is 11.5. The summed E-state index contributed by atoms with van der Waals surface area (Å²) in [5.41, 5.74) is 2.04. The monoisotopic (exact) mass is 633 g/mol. The molecule has 2 aromatic carbocycles. The molecule has 0 radical (unpaired) electrons. The molecule has 1 aromatic heterocycles. The molecule has 2 unspecified atom stereocenters. The number of methoxy groups -OCH3 is 1. The highest BCUT2D eigenvalue weighted by Crippen LogP contribution is 2.34. The van der Waals surface area contributed by atoms with Crippen LogP contribution < -0.4 is 10.1 Å². The maximum absolute atomic E-state index is 14.1. The van der Waals surface area contributed by atoms with E-state index in [0.717, 1.165) is 5.56 Å². The zero-order chi connectivity index (χ0) is 32.8. The first-order valence-electron chi connectivity index (χ1n) is 15.1. The summed E-state index contributed by atoms with van der Waals surface area (Å²) in [5.74, 6) is -2.32. The molecule has 1 N–H and O–H groups in total. The van der Waals surface area contributed by atoms with Crippen molar-refractivity contribution in [1.29, 1.82) is 5.26 Å². The number of nitrogens with one attached hydrogen (secondary N) is 1. The van der Waals surface area contributed by atoms with E-state index in [2.05, 4.69) is 10.3 Å². The van der Waals surface area contributed by atoms with E-state index in [1.165, 1.54) is 18.3 Å². The molecule has 0 bridgehead atoms. The molecular weight excluding hydrogens is 599 g/mol. The fourth-order valence-corrected chi connectivity index (χ4v) is 6.01. The maximum atomic E-state index is 14.1. The van der Waals surface area contributed by atoms with Crippen molar-refractivity contribution in [2.45, 2.75) is 38.0 Å². The van der Waals surface area contributed by atoms with Crippen LogP contribution in [0.4, 0.5) is 13.2 Å². The van der Waals surface area contributed by atoms with Gasteiger partial charge in [0.25, 0.3) is 11.8 Å². The number of hydrogen-bond donors (Lipinski definition) is 1. The lowest BCUT2D eigenvalue weighted by atomic mass is 9.88. The van der Waals surface area contributed by atoms with Gasteiger partial charge in [0, 0.05) is 56.4 Å². The van der Waals surface area contributed by atoms with Gasteiger partial charge in [0.2, 0.25) is 0 Å². The Balaban J connectivity index is 1.14. The number of amides is 2. The number of carbonyl (C=O) groups is 3. The SMILES string of the molecule is COc1ccc(C(=O)C2CCN(C(=O)c3ccc(C(=O)NC4CCN(Cc5ccc(C#N)cc5)CC4C(F)(F)F)cn3)CC2)cc1. The lowest BCUT2D eigenvalue weighted by Crippen LogP contribution is -2.55. The summed E-state index contributed by atoms with van der Waals surface area (Å²) in [6.45, 7) is 1.12. The molecule has 9 nitrogen and oxygen atoms in total. The number of hydrogen-bond acceptors (Lipinski definition) is 7. The van der Waals surface area contributed by atoms with Crippen LogP contribution in [-0.4, -0.2) is 77.9 Å². The highest BCUT2D eigenvalue weighted by Gasteiger charge is 2.48. The molecule has 2 aliphatic heterocycles. The maximum Gasteiger partial charge on any atom is 0.394 e. The van der Waals surface area contributed by atoms with Gasteiger partial charge in [0.15, 0.2) is 5.78 Å². The molecule has 3 aromatic rings. The highest BCUT2D eigenvalue weighted by molar-refractivity contribution is 5.99. The van der Waals surface area contributed by atoms with Crippen LogP contribution in [0.3, 0.4) is 0 Å². The standard InChI is InChI=1S/C34H34F3N5O4/c1-46-27-9-6-24(7-10-27)31(43)25-12-16-42(17-13-25)33(45)30-11-8-26(19-39-30)32(44)40-29-14-15-41(21-28(29)34(35,36)37)20-23-4-2-22(18-38)3-5-23/h2-11,19,25,28-29H,12-17,20-21H2,1H3,(H,40,44). The summed E-state index contributed by atoms with van der Waals surface area (Å²) in [6.07, 6.45) is -2.21. The third kappa shape index (κ3) is 7.72. The minimum Gasteiger partial charge on any atom is -0.497 e. The van der Waals surface area contributed by atoms with Crippen LogP contribution in [-0.2, 0) is 6.54 Å². The average Bonchev–Trinajstić information content (AvgIpc) is 3.08. The van der Waals surface area contributed by atoms with E-state index in [1.54, 1.807) is 65.4 Å². The molecule has 0 aliphatic carbocycles. The molecule has 2 amide bonds. The third-order valence-electron chi connectivity index (χ3n) is 8.70. The van der Waals surface area contributed by atoms with Gasteiger partial charge in [0.1, 0.15) is 11.4 Å². The summed E-state index contributed by atoms with van der Waals surface area (Å²) < 4.78 is 47.3. The van der Waals surface area contributed by atoms with E-state index in [9.17, 15) is 27.6 Å². The predicted octanol–water partition coefficient (Wildman–Crippen LogP) is 4.88. The van der Waals surface area contributed by atoms with Crippen molar-refractivity contribution in [2.24, 2.45) is 11.8 Å². The van der Waals surface area contributed by atoms with Crippen molar-refractivity contribution in [2.75, 3.05) is 33.3 Å². The van der Waals surface area contributed by atoms with E-state index in [4.69, 9.17) is 10.00 Å². The minimum absolute atomic E-state index is 0.0213. The number of likely N-dealkylation sites (tertiary alicyclic amines) is 2. The summed E-state index contributed by atoms with van der Waals surface area (Å²) in [6, 6.07) is 17.3. The van der Waals surface area contributed by atoms with E-state index in [0.29, 0.717) is 55.9 Å². The number of benzene rings is 2. The molecule has 0 saturated carbocycles. The number of piperidine rings is 2. The highest BCUT2D eigenvalue weighted by atomic mass is 19.4. The van der Waals surface area contributed by atoms with Crippen LogP contribution in [0.2, 0.25) is 0 Å². The number of ether oxygens (including phenoxy) is 1. The van der Waals surface area contributed by atoms with E-state index in [-0.39, 0.29) is 41.8 Å². The Morgan fingerprint density at radius 3 is 2.22 bits per heavy atom. The molecule has 2 aliphatic rings. The van der Waals surface area contributed by atoms with Gasteiger partial charge >= 0.3 is 6.18 Å². The van der Waals surface area contributed by atoms with Crippen LogP contribution in [0.15, 0.2) is 66.9 Å². The molecule has 0 spiro atoms. The molecule has 2 fully saturated rings. The van der Waals surface area contributed by atoms with Gasteiger partial charge in [0.05, 0.1) is 30.2 Å². The van der Waals surface area contributed by atoms with Crippen molar-refractivity contribution < 1.29 is 32.3 Å². The van der Waals surface area contributed by atoms with Crippen LogP contribution in [0.1, 0.15) is 61.6 Å². The van der Waals surface area contributed by atoms with E-state index < -0.39 is 24.0 Å². The molecule has 5 rings (SSSR count). The minimum atomic E-state index is -4.53. The molecule has 2 atom stereocenters. The van der Waals surface area contributed by atoms with Crippen LogP contribution in [0, 0.1) is 23.2 Å². The van der Waals surface area contributed by atoms with Crippen molar-refractivity contribution in [3.8, 4) is 11.8 Å². The molecule has 240 valence electrons.